The number of thiophene rings is 2. The summed E-state index contributed by atoms with van der Waals surface area (Å²) in [5, 5.41) is 2.16. The summed E-state index contributed by atoms with van der Waals surface area (Å²) in [7, 11) is 1.87. The van der Waals surface area contributed by atoms with Crippen LogP contribution in [0.3, 0.4) is 0 Å². The molecule has 5 N–H and O–H groups in total. The lowest BCUT2D eigenvalue weighted by Crippen LogP contribution is -2.22. The van der Waals surface area contributed by atoms with Gasteiger partial charge in [0.2, 0.25) is 0 Å². The van der Waals surface area contributed by atoms with Crippen LogP contribution in [0.15, 0.2) is 152 Å². The van der Waals surface area contributed by atoms with Crippen LogP contribution in [0.2, 0.25) is 0 Å². The van der Waals surface area contributed by atoms with E-state index in [1.54, 1.807) is 34.4 Å². The van der Waals surface area contributed by atoms with E-state index in [4.69, 9.17) is 28.5 Å². The summed E-state index contributed by atoms with van der Waals surface area (Å²) in [5.41, 5.74) is 23.5. The van der Waals surface area contributed by atoms with Gasteiger partial charge >= 0.3 is 0 Å². The molecular weight excluding hydrogens is 725 g/mol. The van der Waals surface area contributed by atoms with Crippen LogP contribution in [0.1, 0.15) is 21.7 Å². The van der Waals surface area contributed by atoms with Crippen LogP contribution < -0.4 is 26.0 Å². The first-order valence-corrected chi connectivity index (χ1v) is 20.0. The van der Waals surface area contributed by atoms with Crippen LogP contribution >= 0.6 is 59.2 Å². The Morgan fingerprint density at radius 1 is 0.745 bits per heavy atom. The predicted octanol–water partition coefficient (Wildman–Crippen LogP) is 11.5. The molecule has 0 atom stereocenters. The van der Waals surface area contributed by atoms with Crippen molar-refractivity contribution in [3.63, 3.8) is 0 Å². The van der Waals surface area contributed by atoms with Gasteiger partial charge in [-0.25, -0.2) is 9.12 Å². The third-order valence-electron chi connectivity index (χ3n) is 8.84. The zero-order chi connectivity index (χ0) is 35.1. The smallest absolute Gasteiger partial charge is 0.101 e. The average Bonchev–Trinajstić information content (AvgIpc) is 3.83. The van der Waals surface area contributed by atoms with Crippen LogP contribution in [0.5, 0.6) is 0 Å². The number of nitrogens with one attached hydrogen (secondary N) is 1. The number of nitrogens with zero attached hydrogens (tertiary/aromatic N) is 3. The van der Waals surface area contributed by atoms with Crippen molar-refractivity contribution in [1.82, 2.24) is 4.72 Å². The Labute approximate surface area is 320 Å². The van der Waals surface area contributed by atoms with Crippen molar-refractivity contribution in [2.24, 2.45) is 15.9 Å². The van der Waals surface area contributed by atoms with Gasteiger partial charge in [-0.05, 0) is 86.3 Å². The molecule has 2 aliphatic rings. The number of thiol groups is 1. The summed E-state index contributed by atoms with van der Waals surface area (Å²) in [6.45, 7) is 2.13. The molecule has 51 heavy (non-hydrogen) atoms. The van der Waals surface area contributed by atoms with E-state index in [2.05, 4.69) is 125 Å². The normalized spacial score (nSPS) is 15.0. The fraction of sp³-hybridized carbons (Fsp3) is 0.0750. The van der Waals surface area contributed by atoms with Crippen molar-refractivity contribution in [3.8, 4) is 0 Å². The molecule has 6 aromatic rings. The Bertz CT molecular complexity index is 2280. The first-order valence-electron chi connectivity index (χ1n) is 16.3. The lowest BCUT2D eigenvalue weighted by molar-refractivity contribution is 1.18. The Balaban J connectivity index is 1.21. The van der Waals surface area contributed by atoms with Gasteiger partial charge < -0.3 is 16.4 Å². The van der Waals surface area contributed by atoms with E-state index in [9.17, 15) is 0 Å². The molecule has 4 aromatic carbocycles. The number of hydrogen-bond acceptors (Lipinski definition) is 11. The molecule has 254 valence electrons. The SMILES string of the molecule is CNSN=C1CC(c2ccc(N3c4ccccc4Sc4ccccc43)s2)=C(N)C(N)=C1c1ccc(N(c2ccccc2C)c2ccccc2S)s1. The van der Waals surface area contributed by atoms with E-state index in [0.29, 0.717) is 17.8 Å². The molecule has 0 saturated carbocycles. The van der Waals surface area contributed by atoms with E-state index in [1.165, 1.54) is 33.3 Å². The van der Waals surface area contributed by atoms with Gasteiger partial charge in [-0.1, -0.05) is 66.4 Å². The Hall–Kier alpha value is -4.36. The van der Waals surface area contributed by atoms with E-state index in [-0.39, 0.29) is 0 Å². The molecule has 6 nitrogen and oxygen atoms in total. The molecule has 0 fully saturated rings. The Morgan fingerprint density at radius 2 is 1.39 bits per heavy atom. The highest BCUT2D eigenvalue weighted by Crippen LogP contribution is 2.53. The second kappa shape index (κ2) is 14.3. The Morgan fingerprint density at radius 3 is 2.10 bits per heavy atom. The van der Waals surface area contributed by atoms with E-state index >= 15 is 0 Å². The van der Waals surface area contributed by atoms with Gasteiger partial charge in [-0.2, -0.15) is 0 Å². The summed E-state index contributed by atoms with van der Waals surface area (Å²) in [5.74, 6) is 0. The zero-order valence-electron chi connectivity index (χ0n) is 27.8. The molecule has 8 rings (SSSR count). The van der Waals surface area contributed by atoms with Gasteiger partial charge in [-0.3, -0.25) is 4.90 Å². The van der Waals surface area contributed by atoms with E-state index < -0.39 is 0 Å². The zero-order valence-corrected chi connectivity index (χ0v) is 32.0. The number of rotatable bonds is 8. The highest BCUT2D eigenvalue weighted by atomic mass is 32.2. The van der Waals surface area contributed by atoms with Gasteiger partial charge in [0.05, 0.1) is 46.3 Å². The molecule has 1 aliphatic carbocycles. The summed E-state index contributed by atoms with van der Waals surface area (Å²) in [6, 6.07) is 42.3. The maximum atomic E-state index is 7.03. The van der Waals surface area contributed by atoms with Crippen molar-refractivity contribution in [3.05, 3.63) is 148 Å². The number of para-hydroxylation sites is 4. The van der Waals surface area contributed by atoms with Gasteiger partial charge in [0.25, 0.3) is 0 Å². The van der Waals surface area contributed by atoms with Gasteiger partial charge in [0.15, 0.2) is 0 Å². The number of benzene rings is 4. The van der Waals surface area contributed by atoms with Crippen LogP contribution in [0.4, 0.5) is 32.8 Å². The van der Waals surface area contributed by atoms with Gasteiger partial charge in [0.1, 0.15) is 10.0 Å². The molecule has 11 heteroatoms. The lowest BCUT2D eigenvalue weighted by Gasteiger charge is -2.31. The summed E-state index contributed by atoms with van der Waals surface area (Å²) in [4.78, 5) is 10.0. The number of hydrogen-bond donors (Lipinski definition) is 4. The average molecular weight is 759 g/mol. The molecular formula is C40H34N6S5. The molecule has 0 radical (unpaired) electrons. The topological polar surface area (TPSA) is 82.9 Å². The molecule has 0 unspecified atom stereocenters. The maximum absolute atomic E-state index is 7.03. The fourth-order valence-corrected chi connectivity index (χ4v) is 10.3. The largest absolute Gasteiger partial charge is 0.397 e. The van der Waals surface area contributed by atoms with E-state index in [1.807, 2.05) is 25.2 Å². The molecule has 0 amide bonds. The Kier molecular flexibility index (Phi) is 9.49. The van der Waals surface area contributed by atoms with Crippen molar-refractivity contribution in [2.75, 3.05) is 16.8 Å². The standard InChI is InChI=1S/C40H34N6S5/c1-24-11-3-4-12-27(24)45(28-13-5-8-16-31(28)47)36-22-20-35(50-36)38-26(44-51-43-2)23-25(39(41)40(38)42)32-19-21-37(49-32)46-29-14-6-9-17-33(29)48-34-18-10-7-15-30(34)46/h3-22,43,47H,23,41-42H2,1-2H3. The number of nitrogens with two attached hydrogens (primary N) is 2. The molecule has 3 heterocycles. The van der Waals surface area contributed by atoms with Crippen molar-refractivity contribution >= 4 is 109 Å². The highest BCUT2D eigenvalue weighted by molar-refractivity contribution is 7.99. The van der Waals surface area contributed by atoms with Crippen molar-refractivity contribution in [1.29, 1.82) is 0 Å². The molecule has 0 bridgehead atoms. The maximum Gasteiger partial charge on any atom is 0.101 e. The van der Waals surface area contributed by atoms with Crippen LogP contribution in [0.25, 0.3) is 11.1 Å². The van der Waals surface area contributed by atoms with Gasteiger partial charge in [-0.15, -0.1) is 35.3 Å². The first kappa shape index (κ1) is 33.8. The number of allylic oxidation sites excluding steroid dienone is 2. The van der Waals surface area contributed by atoms with Crippen LogP contribution in [-0.4, -0.2) is 12.8 Å². The van der Waals surface area contributed by atoms with Gasteiger partial charge in [0, 0.05) is 47.7 Å². The third kappa shape index (κ3) is 6.28. The minimum Gasteiger partial charge on any atom is -0.397 e. The minimum absolute atomic E-state index is 0.539. The quantitative estimate of drug-likeness (QED) is 0.0907. The third-order valence-corrected chi connectivity index (χ3v) is 13.1. The molecule has 2 aromatic heterocycles. The summed E-state index contributed by atoms with van der Waals surface area (Å²) in [6.07, 6.45) is 0.549. The summed E-state index contributed by atoms with van der Waals surface area (Å²) >= 11 is 11.3. The lowest BCUT2D eigenvalue weighted by atomic mass is 9.90. The summed E-state index contributed by atoms with van der Waals surface area (Å²) < 4.78 is 8.05. The van der Waals surface area contributed by atoms with Crippen molar-refractivity contribution in [2.45, 2.75) is 28.0 Å². The number of fused-ring (bicyclic) bond motifs is 2. The second-order valence-electron chi connectivity index (χ2n) is 12.0. The van der Waals surface area contributed by atoms with E-state index in [0.717, 1.165) is 58.4 Å². The number of aryl methyl sites for hydroxylation is 1. The minimum atomic E-state index is 0.539. The van der Waals surface area contributed by atoms with Crippen LogP contribution in [0, 0.1) is 6.92 Å². The number of anilines is 6. The fourth-order valence-electron chi connectivity index (χ4n) is 6.45. The highest BCUT2D eigenvalue weighted by Gasteiger charge is 2.30. The van der Waals surface area contributed by atoms with Crippen LogP contribution in [-0.2, 0) is 0 Å². The molecule has 0 saturated heterocycles. The second-order valence-corrected chi connectivity index (χ2v) is 16.4. The monoisotopic (exact) mass is 758 g/mol. The first-order chi connectivity index (χ1) is 24.9. The predicted molar refractivity (Wildman–Crippen MR) is 225 cm³/mol. The molecule has 1 aliphatic heterocycles. The molecule has 0 spiro atoms. The van der Waals surface area contributed by atoms with Crippen molar-refractivity contribution < 1.29 is 0 Å².